The average molecular weight is 271 g/mol. The van der Waals surface area contributed by atoms with E-state index in [-0.39, 0.29) is 18.0 Å². The normalized spacial score (nSPS) is 10.3. The average Bonchev–Trinajstić information content (AvgIpc) is 2.38. The summed E-state index contributed by atoms with van der Waals surface area (Å²) < 4.78 is 0. The van der Waals surface area contributed by atoms with Crippen LogP contribution < -0.4 is 10.9 Å². The minimum absolute atomic E-state index is 0.162. The van der Waals surface area contributed by atoms with E-state index in [9.17, 15) is 9.59 Å². The summed E-state index contributed by atoms with van der Waals surface area (Å²) in [6.45, 7) is 5.75. The molecule has 2 aromatic heterocycles. The van der Waals surface area contributed by atoms with Crippen LogP contribution in [0.5, 0.6) is 0 Å². The molecule has 5 heteroatoms. The van der Waals surface area contributed by atoms with E-state index >= 15 is 0 Å². The Kier molecular flexibility index (Phi) is 3.98. The Morgan fingerprint density at radius 2 is 2.05 bits per heavy atom. The van der Waals surface area contributed by atoms with Gasteiger partial charge in [0.25, 0.3) is 11.5 Å². The van der Waals surface area contributed by atoms with Gasteiger partial charge in [0.1, 0.15) is 0 Å². The van der Waals surface area contributed by atoms with Crippen molar-refractivity contribution in [2.45, 2.75) is 27.3 Å². The fourth-order valence-electron chi connectivity index (χ4n) is 1.97. The maximum Gasteiger partial charge on any atom is 0.253 e. The third-order valence-corrected chi connectivity index (χ3v) is 3.09. The highest BCUT2D eigenvalue weighted by molar-refractivity contribution is 5.93. The fourth-order valence-corrected chi connectivity index (χ4v) is 1.97. The Hall–Kier alpha value is -2.43. The zero-order chi connectivity index (χ0) is 14.7. The van der Waals surface area contributed by atoms with E-state index in [0.29, 0.717) is 11.1 Å². The molecule has 0 bridgehead atoms. The van der Waals surface area contributed by atoms with Gasteiger partial charge in [0.2, 0.25) is 0 Å². The number of pyridine rings is 2. The van der Waals surface area contributed by atoms with Gasteiger partial charge in [0.05, 0.1) is 5.56 Å². The number of hydrogen-bond donors (Lipinski definition) is 2. The lowest BCUT2D eigenvalue weighted by Gasteiger charge is -2.08. The van der Waals surface area contributed by atoms with E-state index < -0.39 is 0 Å². The maximum atomic E-state index is 12.0. The third-order valence-electron chi connectivity index (χ3n) is 3.09. The Balaban J connectivity index is 2.11. The zero-order valence-corrected chi connectivity index (χ0v) is 11.8. The van der Waals surface area contributed by atoms with E-state index in [1.807, 2.05) is 26.8 Å². The molecule has 2 heterocycles. The number of H-pyrrole nitrogens is 1. The molecule has 0 spiro atoms. The van der Waals surface area contributed by atoms with E-state index in [2.05, 4.69) is 15.3 Å². The van der Waals surface area contributed by atoms with Crippen molar-refractivity contribution in [3.8, 4) is 0 Å². The van der Waals surface area contributed by atoms with E-state index in [0.717, 1.165) is 17.0 Å². The van der Waals surface area contributed by atoms with Crippen molar-refractivity contribution in [3.63, 3.8) is 0 Å². The molecule has 20 heavy (non-hydrogen) atoms. The highest BCUT2D eigenvalue weighted by Gasteiger charge is 2.09. The first-order valence-corrected chi connectivity index (χ1v) is 6.37. The van der Waals surface area contributed by atoms with Gasteiger partial charge in [0.15, 0.2) is 0 Å². The second-order valence-corrected chi connectivity index (χ2v) is 4.81. The van der Waals surface area contributed by atoms with Gasteiger partial charge in [-0.3, -0.25) is 14.6 Å². The predicted octanol–water partition coefficient (Wildman–Crippen LogP) is 1.63. The van der Waals surface area contributed by atoms with Crippen LogP contribution in [0.25, 0.3) is 0 Å². The number of carbonyl (C=O) groups excluding carboxylic acids is 1. The van der Waals surface area contributed by atoms with Crippen LogP contribution in [0.1, 0.15) is 32.9 Å². The lowest BCUT2D eigenvalue weighted by atomic mass is 10.1. The second kappa shape index (κ2) is 5.69. The maximum absolute atomic E-state index is 12.0. The Morgan fingerprint density at radius 3 is 2.65 bits per heavy atom. The Morgan fingerprint density at radius 1 is 1.30 bits per heavy atom. The van der Waals surface area contributed by atoms with Crippen molar-refractivity contribution >= 4 is 5.91 Å². The summed E-state index contributed by atoms with van der Waals surface area (Å²) >= 11 is 0. The predicted molar refractivity (Wildman–Crippen MR) is 76.7 cm³/mol. The molecule has 0 aliphatic heterocycles. The number of hydrogen-bond acceptors (Lipinski definition) is 3. The van der Waals surface area contributed by atoms with Gasteiger partial charge < -0.3 is 10.3 Å². The number of aromatic nitrogens is 2. The van der Waals surface area contributed by atoms with Gasteiger partial charge in [0, 0.05) is 29.7 Å². The summed E-state index contributed by atoms with van der Waals surface area (Å²) in [6, 6.07) is 5.37. The monoisotopic (exact) mass is 271 g/mol. The summed E-state index contributed by atoms with van der Waals surface area (Å²) in [5.74, 6) is -0.239. The molecule has 1 amide bonds. The second-order valence-electron chi connectivity index (χ2n) is 4.81. The number of carbonyl (C=O) groups is 1. The molecule has 2 rings (SSSR count). The molecule has 5 nitrogen and oxygen atoms in total. The number of nitrogens with zero attached hydrogens (tertiary/aromatic N) is 1. The highest BCUT2D eigenvalue weighted by atomic mass is 16.1. The summed E-state index contributed by atoms with van der Waals surface area (Å²) in [5, 5.41) is 2.74. The van der Waals surface area contributed by atoms with Crippen molar-refractivity contribution in [1.82, 2.24) is 15.3 Å². The van der Waals surface area contributed by atoms with Crippen LogP contribution in [0.4, 0.5) is 0 Å². The van der Waals surface area contributed by atoms with Gasteiger partial charge in [-0.25, -0.2) is 0 Å². The largest absolute Gasteiger partial charge is 0.348 e. The molecule has 0 saturated heterocycles. The van der Waals surface area contributed by atoms with Crippen LogP contribution in [0.3, 0.4) is 0 Å². The van der Waals surface area contributed by atoms with Crippen molar-refractivity contribution in [1.29, 1.82) is 0 Å². The fraction of sp³-hybridized carbons (Fsp3) is 0.267. The first-order valence-electron chi connectivity index (χ1n) is 6.37. The number of aromatic amines is 1. The Labute approximate surface area is 117 Å². The molecular weight excluding hydrogens is 254 g/mol. The van der Waals surface area contributed by atoms with Crippen molar-refractivity contribution in [3.05, 3.63) is 62.8 Å². The van der Waals surface area contributed by atoms with Crippen LogP contribution in [-0.4, -0.2) is 15.9 Å². The molecule has 0 saturated carbocycles. The molecule has 0 aliphatic rings. The van der Waals surface area contributed by atoms with Crippen LogP contribution in [0, 0.1) is 20.8 Å². The zero-order valence-electron chi connectivity index (χ0n) is 11.8. The molecule has 0 fully saturated rings. The summed E-state index contributed by atoms with van der Waals surface area (Å²) in [7, 11) is 0. The van der Waals surface area contributed by atoms with E-state index in [1.54, 1.807) is 12.1 Å². The van der Waals surface area contributed by atoms with Crippen LogP contribution in [0.2, 0.25) is 0 Å². The van der Waals surface area contributed by atoms with Crippen LogP contribution in [0.15, 0.2) is 29.2 Å². The topological polar surface area (TPSA) is 74.8 Å². The minimum atomic E-state index is -0.239. The molecule has 0 radical (unpaired) electrons. The lowest BCUT2D eigenvalue weighted by molar-refractivity contribution is 0.0950. The van der Waals surface area contributed by atoms with E-state index in [4.69, 9.17) is 0 Å². The third kappa shape index (κ3) is 3.12. The van der Waals surface area contributed by atoms with Crippen molar-refractivity contribution in [2.75, 3.05) is 0 Å². The van der Waals surface area contributed by atoms with Crippen molar-refractivity contribution in [2.24, 2.45) is 0 Å². The smallest absolute Gasteiger partial charge is 0.253 e. The quantitative estimate of drug-likeness (QED) is 0.891. The number of rotatable bonds is 3. The number of nitrogens with one attached hydrogen (secondary N) is 2. The van der Waals surface area contributed by atoms with E-state index in [1.165, 1.54) is 6.20 Å². The van der Waals surface area contributed by atoms with Gasteiger partial charge in [-0.15, -0.1) is 0 Å². The first kappa shape index (κ1) is 14.0. The summed E-state index contributed by atoms with van der Waals surface area (Å²) in [5.41, 5.74) is 3.43. The van der Waals surface area contributed by atoms with Gasteiger partial charge in [-0.05, 0) is 44.5 Å². The molecule has 0 unspecified atom stereocenters. The van der Waals surface area contributed by atoms with Gasteiger partial charge >= 0.3 is 0 Å². The lowest BCUT2D eigenvalue weighted by Crippen LogP contribution is -2.28. The number of aryl methyl sites for hydroxylation is 3. The molecule has 0 atom stereocenters. The minimum Gasteiger partial charge on any atom is -0.348 e. The van der Waals surface area contributed by atoms with Gasteiger partial charge in [-0.2, -0.15) is 0 Å². The molecule has 0 aromatic carbocycles. The molecule has 104 valence electrons. The Bertz CT molecular complexity index is 687. The van der Waals surface area contributed by atoms with Crippen LogP contribution in [-0.2, 0) is 6.54 Å². The molecule has 2 aromatic rings. The molecule has 2 N–H and O–H groups in total. The number of amides is 1. The van der Waals surface area contributed by atoms with Gasteiger partial charge in [-0.1, -0.05) is 0 Å². The van der Waals surface area contributed by atoms with Crippen molar-refractivity contribution < 1.29 is 4.79 Å². The van der Waals surface area contributed by atoms with Crippen LogP contribution >= 0.6 is 0 Å². The summed E-state index contributed by atoms with van der Waals surface area (Å²) in [6.07, 6.45) is 1.52. The summed E-state index contributed by atoms with van der Waals surface area (Å²) in [4.78, 5) is 30.6. The molecular formula is C15H17N3O2. The SMILES string of the molecule is Cc1ccc(C(=O)NCc2c(C)cc(C)[nH]c2=O)cn1. The highest BCUT2D eigenvalue weighted by Crippen LogP contribution is 2.04. The molecule has 0 aliphatic carbocycles. The standard InChI is InChI=1S/C15H17N3O2/c1-9-6-11(3)18-15(20)13(9)8-17-14(19)12-5-4-10(2)16-7-12/h4-7H,8H2,1-3H3,(H,17,19)(H,18,20). The first-order chi connectivity index (χ1) is 9.47.